The highest BCUT2D eigenvalue weighted by Crippen LogP contribution is 2.52. The topological polar surface area (TPSA) is 210 Å². The molecule has 246 valence electrons. The zero-order valence-electron chi connectivity index (χ0n) is 25.9. The lowest BCUT2D eigenvalue weighted by Gasteiger charge is -2.42. The predicted octanol–water partition coefficient (Wildman–Crippen LogP) is 2.25. The molecule has 13 nitrogen and oxygen atoms in total. The summed E-state index contributed by atoms with van der Waals surface area (Å²) in [5.41, 5.74) is 6.04. The number of methoxy groups -OCH3 is 1. The molecule has 0 unspecified atom stereocenters. The van der Waals surface area contributed by atoms with Crippen molar-refractivity contribution in [2.75, 3.05) is 7.11 Å². The fraction of sp³-hybridized carbons (Fsp3) is 0.353. The lowest BCUT2D eigenvalue weighted by Crippen LogP contribution is -2.52. The molecule has 13 heteroatoms. The number of ether oxygens (including phenoxy) is 3. The van der Waals surface area contributed by atoms with Gasteiger partial charge in [0.1, 0.15) is 22.8 Å². The van der Waals surface area contributed by atoms with E-state index in [1.165, 1.54) is 32.2 Å². The van der Waals surface area contributed by atoms with Gasteiger partial charge >= 0.3 is 0 Å². The Morgan fingerprint density at radius 1 is 1.04 bits per heavy atom. The number of aliphatic hydroxyl groups is 2. The number of rotatable bonds is 6. The van der Waals surface area contributed by atoms with Gasteiger partial charge in [0.25, 0.3) is 5.91 Å². The second-order valence-corrected chi connectivity index (χ2v) is 12.1. The minimum absolute atomic E-state index is 0.0196. The molecule has 3 aromatic carbocycles. The van der Waals surface area contributed by atoms with Crippen LogP contribution in [0.25, 0.3) is 0 Å². The number of nitrogens with one attached hydrogen (secondary N) is 1. The van der Waals surface area contributed by atoms with Crippen molar-refractivity contribution < 1.29 is 49.0 Å². The molecular weight excluding hydrogens is 610 g/mol. The van der Waals surface area contributed by atoms with Crippen molar-refractivity contribution in [3.05, 3.63) is 87.5 Å². The number of phenolic OH excluding ortho intramolecular Hbond substituents is 2. The molecule has 1 aliphatic heterocycles. The van der Waals surface area contributed by atoms with Crippen LogP contribution in [0.5, 0.6) is 17.2 Å². The first kappa shape index (κ1) is 32.3. The van der Waals surface area contributed by atoms with Crippen molar-refractivity contribution in [1.29, 1.82) is 0 Å². The highest BCUT2D eigenvalue weighted by atomic mass is 16.7. The second-order valence-electron chi connectivity index (χ2n) is 12.1. The zero-order valence-corrected chi connectivity index (χ0v) is 25.9. The molecule has 0 saturated carbocycles. The molecule has 1 heterocycles. The number of hydrogen-bond donors (Lipinski definition) is 6. The zero-order chi connectivity index (χ0) is 33.8. The summed E-state index contributed by atoms with van der Waals surface area (Å²) in [5.74, 6) is -3.08. The van der Waals surface area contributed by atoms with Gasteiger partial charge in [0.15, 0.2) is 12.1 Å². The molecule has 0 spiro atoms. The van der Waals surface area contributed by atoms with E-state index in [1.54, 1.807) is 37.3 Å². The van der Waals surface area contributed by atoms with Crippen LogP contribution in [-0.4, -0.2) is 80.9 Å². The summed E-state index contributed by atoms with van der Waals surface area (Å²) < 4.78 is 17.5. The number of nitrogens with two attached hydrogens (primary N) is 1. The van der Waals surface area contributed by atoms with E-state index in [2.05, 4.69) is 10.5 Å². The van der Waals surface area contributed by atoms with E-state index >= 15 is 0 Å². The average molecular weight is 646 g/mol. The lowest BCUT2D eigenvalue weighted by molar-refractivity contribution is -0.245. The fourth-order valence-corrected chi connectivity index (χ4v) is 6.56. The van der Waals surface area contributed by atoms with Crippen LogP contribution >= 0.6 is 0 Å². The SMILES string of the molecule is COc1cccc2c1C(=O)c1c(O)c3c(c(O)c1C2=O)C[C@@](O)(/C(C)=N\NC(=O)c1ccccc1)C[C@H]3O[C@H]1C[C@@H](N)[C@@H](O)[C@H](C)O1. The highest BCUT2D eigenvalue weighted by Gasteiger charge is 2.49. The van der Waals surface area contributed by atoms with E-state index in [-0.39, 0.29) is 53.0 Å². The monoisotopic (exact) mass is 645 g/mol. The van der Waals surface area contributed by atoms with Crippen molar-refractivity contribution >= 4 is 23.2 Å². The number of hydrogen-bond acceptors (Lipinski definition) is 12. The number of phenols is 2. The molecule has 1 saturated heterocycles. The molecule has 1 amide bonds. The van der Waals surface area contributed by atoms with Gasteiger partial charge in [-0.05, 0) is 32.0 Å². The minimum atomic E-state index is -1.88. The first-order valence-corrected chi connectivity index (χ1v) is 15.1. The number of amides is 1. The van der Waals surface area contributed by atoms with Gasteiger partial charge in [-0.2, -0.15) is 5.10 Å². The van der Waals surface area contributed by atoms with Gasteiger partial charge in [-0.25, -0.2) is 5.43 Å². The van der Waals surface area contributed by atoms with Crippen LogP contribution in [0.3, 0.4) is 0 Å². The number of aromatic hydroxyl groups is 2. The Morgan fingerprint density at radius 2 is 1.74 bits per heavy atom. The first-order valence-electron chi connectivity index (χ1n) is 15.1. The van der Waals surface area contributed by atoms with E-state index < -0.39 is 76.3 Å². The molecule has 6 atom stereocenters. The Labute approximate surface area is 269 Å². The molecule has 6 rings (SSSR count). The van der Waals surface area contributed by atoms with Crippen LogP contribution in [0.15, 0.2) is 53.6 Å². The molecule has 47 heavy (non-hydrogen) atoms. The maximum atomic E-state index is 13.9. The molecule has 3 aromatic rings. The van der Waals surface area contributed by atoms with Gasteiger partial charge in [0.2, 0.25) is 5.78 Å². The van der Waals surface area contributed by atoms with Crippen LogP contribution in [0.2, 0.25) is 0 Å². The molecule has 0 radical (unpaired) electrons. The fourth-order valence-electron chi connectivity index (χ4n) is 6.56. The Hall–Kier alpha value is -4.66. The number of benzene rings is 3. The van der Waals surface area contributed by atoms with E-state index in [4.69, 9.17) is 19.9 Å². The number of ketones is 2. The predicted molar refractivity (Wildman–Crippen MR) is 167 cm³/mol. The van der Waals surface area contributed by atoms with Gasteiger partial charge in [-0.15, -0.1) is 0 Å². The van der Waals surface area contributed by atoms with Gasteiger partial charge in [-0.1, -0.05) is 30.3 Å². The Morgan fingerprint density at radius 3 is 2.43 bits per heavy atom. The molecule has 0 aromatic heterocycles. The molecule has 3 aliphatic rings. The summed E-state index contributed by atoms with van der Waals surface area (Å²) in [6.07, 6.45) is -4.51. The summed E-state index contributed by atoms with van der Waals surface area (Å²) in [4.78, 5) is 40.4. The van der Waals surface area contributed by atoms with E-state index in [0.29, 0.717) is 5.56 Å². The Bertz CT molecular complexity index is 1800. The number of carbonyl (C=O) groups is 3. The molecule has 7 N–H and O–H groups in total. The number of fused-ring (bicyclic) bond motifs is 3. The van der Waals surface area contributed by atoms with Crippen LogP contribution in [0, 0.1) is 0 Å². The van der Waals surface area contributed by atoms with Gasteiger partial charge in [0.05, 0.1) is 47.8 Å². The summed E-state index contributed by atoms with van der Waals surface area (Å²) in [6, 6.07) is 12.1. The highest BCUT2D eigenvalue weighted by molar-refractivity contribution is 6.31. The average Bonchev–Trinajstić information content (AvgIpc) is 3.06. The third-order valence-corrected chi connectivity index (χ3v) is 9.18. The second kappa shape index (κ2) is 12.2. The quantitative estimate of drug-likeness (QED) is 0.102. The Balaban J connectivity index is 1.46. The summed E-state index contributed by atoms with van der Waals surface area (Å²) in [7, 11) is 1.34. The van der Waals surface area contributed by atoms with E-state index in [1.807, 2.05) is 0 Å². The van der Waals surface area contributed by atoms with Crippen molar-refractivity contribution in [1.82, 2.24) is 5.43 Å². The third-order valence-electron chi connectivity index (χ3n) is 9.18. The van der Waals surface area contributed by atoms with Crippen molar-refractivity contribution in [3.63, 3.8) is 0 Å². The summed E-state index contributed by atoms with van der Waals surface area (Å²) in [5, 5.41) is 50.0. The number of hydrazone groups is 1. The van der Waals surface area contributed by atoms with Crippen molar-refractivity contribution in [2.45, 2.75) is 69.4 Å². The maximum absolute atomic E-state index is 13.9. The number of nitrogens with zero attached hydrogens (tertiary/aromatic N) is 1. The van der Waals surface area contributed by atoms with E-state index in [9.17, 15) is 34.8 Å². The molecular formula is C34H35N3O10. The van der Waals surface area contributed by atoms with E-state index in [0.717, 1.165) is 0 Å². The molecule has 1 fully saturated rings. The lowest BCUT2D eigenvalue weighted by atomic mass is 9.71. The van der Waals surface area contributed by atoms with Gasteiger partial charge < -0.3 is 40.4 Å². The van der Waals surface area contributed by atoms with Gasteiger partial charge in [-0.3, -0.25) is 14.4 Å². The van der Waals surface area contributed by atoms with Crippen LogP contribution in [-0.2, 0) is 15.9 Å². The maximum Gasteiger partial charge on any atom is 0.271 e. The van der Waals surface area contributed by atoms with Crippen LogP contribution < -0.4 is 15.9 Å². The summed E-state index contributed by atoms with van der Waals surface area (Å²) in [6.45, 7) is 3.09. The van der Waals surface area contributed by atoms with Crippen LogP contribution in [0.1, 0.15) is 86.1 Å². The first-order chi connectivity index (χ1) is 22.4. The number of aliphatic hydroxyl groups excluding tert-OH is 1. The Kier molecular flexibility index (Phi) is 8.36. The largest absolute Gasteiger partial charge is 0.507 e. The van der Waals surface area contributed by atoms with Gasteiger partial charge in [0, 0.05) is 47.6 Å². The summed E-state index contributed by atoms with van der Waals surface area (Å²) >= 11 is 0. The smallest absolute Gasteiger partial charge is 0.271 e. The normalized spacial score (nSPS) is 27.0. The number of carbonyl (C=O) groups excluding carboxylic acids is 3. The standard InChI is InChI=1S/C34H35N3O10/c1-15-28(38)20(35)12-23(46-15)47-22-14-34(44,16(2)36-37-33(43)17-8-5-4-6-9-17)13-19-25(22)32(42)27-26(30(19)40)29(39)18-10-7-11-21(45-3)24(18)31(27)41/h4-11,15,20,22-23,28,38,40,42,44H,12-14,35H2,1-3H3,(H,37,43)/b36-16-/t15-,20+,22+,23-,28-,34-/m0/s1. The third kappa shape index (κ3) is 5.45. The van der Waals surface area contributed by atoms with Crippen LogP contribution in [0.4, 0.5) is 0 Å². The minimum Gasteiger partial charge on any atom is -0.507 e. The molecule has 2 aliphatic carbocycles. The molecule has 0 bridgehead atoms. The van der Waals surface area contributed by atoms with Crippen molar-refractivity contribution in [2.24, 2.45) is 10.8 Å². The van der Waals surface area contributed by atoms with Crippen molar-refractivity contribution in [3.8, 4) is 17.2 Å².